The number of amides is 2. The van der Waals surface area contributed by atoms with Crippen LogP contribution in [0.1, 0.15) is 65.4 Å². The van der Waals surface area contributed by atoms with Gasteiger partial charge in [-0.25, -0.2) is 4.98 Å². The van der Waals surface area contributed by atoms with Crippen molar-refractivity contribution in [3.05, 3.63) is 23.9 Å². The fourth-order valence-corrected chi connectivity index (χ4v) is 4.11. The zero-order valence-electron chi connectivity index (χ0n) is 19.1. The summed E-state index contributed by atoms with van der Waals surface area (Å²) in [5.41, 5.74) is 6.51. The largest absolute Gasteiger partial charge is 0.384 e. The molecule has 0 saturated heterocycles. The van der Waals surface area contributed by atoms with Crippen molar-refractivity contribution in [3.8, 4) is 0 Å². The first-order valence-electron chi connectivity index (χ1n) is 11.2. The van der Waals surface area contributed by atoms with Gasteiger partial charge in [-0.3, -0.25) is 14.5 Å². The maximum atomic E-state index is 13.1. The van der Waals surface area contributed by atoms with E-state index >= 15 is 0 Å². The summed E-state index contributed by atoms with van der Waals surface area (Å²) in [6, 6.07) is 2.95. The van der Waals surface area contributed by atoms with Crippen molar-refractivity contribution in [2.45, 2.75) is 84.5 Å². The Bertz CT molecular complexity index is 685. The Morgan fingerprint density at radius 1 is 1.13 bits per heavy atom. The number of likely N-dealkylation sites (N-methyl/N-ethyl adjacent to an activating group) is 1. The molecule has 2 amide bonds. The Hall–Kier alpha value is -2.15. The van der Waals surface area contributed by atoms with Crippen LogP contribution in [-0.2, 0) is 16.1 Å². The van der Waals surface area contributed by atoms with Gasteiger partial charge >= 0.3 is 0 Å². The van der Waals surface area contributed by atoms with E-state index in [4.69, 9.17) is 5.73 Å². The number of aromatic nitrogens is 1. The minimum atomic E-state index is -0.551. The highest BCUT2D eigenvalue weighted by Crippen LogP contribution is 2.31. The number of hydrogen-bond donors (Lipinski definition) is 3. The van der Waals surface area contributed by atoms with Crippen LogP contribution in [0.2, 0.25) is 0 Å². The third kappa shape index (κ3) is 6.69. The number of hydrogen-bond acceptors (Lipinski definition) is 5. The van der Waals surface area contributed by atoms with Gasteiger partial charge in [0.15, 0.2) is 0 Å². The van der Waals surface area contributed by atoms with Crippen molar-refractivity contribution in [1.29, 1.82) is 0 Å². The van der Waals surface area contributed by atoms with Gasteiger partial charge in [0, 0.05) is 18.8 Å². The Kier molecular flexibility index (Phi) is 9.08. The predicted octanol–water partition coefficient (Wildman–Crippen LogP) is 2.71. The molecule has 1 aliphatic rings. The third-order valence-electron chi connectivity index (χ3n) is 6.62. The van der Waals surface area contributed by atoms with Crippen LogP contribution in [0.15, 0.2) is 18.3 Å². The van der Waals surface area contributed by atoms with Crippen molar-refractivity contribution in [2.24, 2.45) is 11.8 Å². The normalized spacial score (nSPS) is 18.1. The Balaban J connectivity index is 2.09. The number of nitrogens with two attached hydrogens (primary N) is 1. The van der Waals surface area contributed by atoms with Crippen molar-refractivity contribution in [2.75, 3.05) is 12.8 Å². The standard InChI is InChI=1S/C23H39N5O2/c1-15(2)28(5)17(4)22(29)27-21(16(3)19-9-7-6-8-10-19)23(30)26-14-18-11-12-20(24)25-13-18/h11-13,15-17,19,21H,6-10,14H2,1-5H3,(H2,24,25)(H,26,30)(H,27,29). The number of pyridine rings is 1. The van der Waals surface area contributed by atoms with Crippen molar-refractivity contribution >= 4 is 17.6 Å². The summed E-state index contributed by atoms with van der Waals surface area (Å²) >= 11 is 0. The minimum absolute atomic E-state index is 0.0790. The molecule has 30 heavy (non-hydrogen) atoms. The van der Waals surface area contributed by atoms with Gasteiger partial charge in [0.2, 0.25) is 11.8 Å². The molecule has 0 aliphatic heterocycles. The highest BCUT2D eigenvalue weighted by atomic mass is 16.2. The fourth-order valence-electron chi connectivity index (χ4n) is 4.11. The van der Waals surface area contributed by atoms with Crippen LogP contribution in [-0.4, -0.2) is 46.9 Å². The average Bonchev–Trinajstić information content (AvgIpc) is 2.75. The van der Waals surface area contributed by atoms with Gasteiger partial charge in [0.1, 0.15) is 11.9 Å². The molecule has 1 aliphatic carbocycles. The molecule has 0 spiro atoms. The van der Waals surface area contributed by atoms with Crippen molar-refractivity contribution < 1.29 is 9.59 Å². The van der Waals surface area contributed by atoms with Crippen molar-refractivity contribution in [3.63, 3.8) is 0 Å². The third-order valence-corrected chi connectivity index (χ3v) is 6.62. The second-order valence-corrected chi connectivity index (χ2v) is 8.99. The van der Waals surface area contributed by atoms with E-state index in [2.05, 4.69) is 36.4 Å². The van der Waals surface area contributed by atoms with E-state index in [0.29, 0.717) is 18.3 Å². The van der Waals surface area contributed by atoms with E-state index in [9.17, 15) is 9.59 Å². The van der Waals surface area contributed by atoms with Gasteiger partial charge in [0.05, 0.1) is 6.04 Å². The van der Waals surface area contributed by atoms with E-state index in [0.717, 1.165) is 18.4 Å². The highest BCUT2D eigenvalue weighted by Gasteiger charge is 2.34. The van der Waals surface area contributed by atoms with Gasteiger partial charge < -0.3 is 16.4 Å². The number of nitrogens with one attached hydrogen (secondary N) is 2. The first-order valence-corrected chi connectivity index (χ1v) is 11.2. The van der Waals surface area contributed by atoms with Crippen LogP contribution in [0.5, 0.6) is 0 Å². The number of carbonyl (C=O) groups is 2. The zero-order valence-corrected chi connectivity index (χ0v) is 19.1. The highest BCUT2D eigenvalue weighted by molar-refractivity contribution is 5.89. The Morgan fingerprint density at radius 3 is 2.37 bits per heavy atom. The van der Waals surface area contributed by atoms with E-state index in [1.807, 2.05) is 24.9 Å². The number of nitrogens with zero attached hydrogens (tertiary/aromatic N) is 2. The van der Waals surface area contributed by atoms with E-state index in [-0.39, 0.29) is 29.8 Å². The predicted molar refractivity (Wildman–Crippen MR) is 121 cm³/mol. The van der Waals surface area contributed by atoms with Crippen LogP contribution < -0.4 is 16.4 Å². The molecule has 1 aromatic rings. The molecule has 7 heteroatoms. The topological polar surface area (TPSA) is 100 Å². The summed E-state index contributed by atoms with van der Waals surface area (Å²) < 4.78 is 0. The van der Waals surface area contributed by atoms with Crippen molar-refractivity contribution in [1.82, 2.24) is 20.5 Å². The quantitative estimate of drug-likeness (QED) is 0.574. The van der Waals surface area contributed by atoms with Gasteiger partial charge in [0.25, 0.3) is 0 Å². The minimum Gasteiger partial charge on any atom is -0.384 e. The zero-order chi connectivity index (χ0) is 22.3. The summed E-state index contributed by atoms with van der Waals surface area (Å²) in [5, 5.41) is 6.05. The first-order chi connectivity index (χ1) is 14.2. The lowest BCUT2D eigenvalue weighted by atomic mass is 9.77. The molecule has 1 fully saturated rings. The van der Waals surface area contributed by atoms with Crippen LogP contribution in [0.25, 0.3) is 0 Å². The van der Waals surface area contributed by atoms with Gasteiger partial charge in [-0.1, -0.05) is 45.1 Å². The molecule has 1 saturated carbocycles. The molecule has 0 bridgehead atoms. The first kappa shape index (κ1) is 24.1. The molecule has 0 radical (unpaired) electrons. The SMILES string of the molecule is CC(C1CCCCC1)C(NC(=O)C(C)N(C)C(C)C)C(=O)NCc1ccc(N)nc1. The summed E-state index contributed by atoms with van der Waals surface area (Å²) in [4.78, 5) is 32.2. The number of rotatable bonds is 9. The molecule has 7 nitrogen and oxygen atoms in total. The maximum Gasteiger partial charge on any atom is 0.243 e. The van der Waals surface area contributed by atoms with Gasteiger partial charge in [-0.2, -0.15) is 0 Å². The summed E-state index contributed by atoms with van der Waals surface area (Å²) in [6.07, 6.45) is 7.54. The summed E-state index contributed by atoms with van der Waals surface area (Å²) in [5.74, 6) is 0.728. The molecule has 1 heterocycles. The van der Waals surface area contributed by atoms with E-state index < -0.39 is 6.04 Å². The smallest absolute Gasteiger partial charge is 0.243 e. The van der Waals surface area contributed by atoms with Crippen LogP contribution in [0.3, 0.4) is 0 Å². The number of anilines is 1. The molecule has 4 N–H and O–H groups in total. The molecule has 168 valence electrons. The molecular weight excluding hydrogens is 378 g/mol. The lowest BCUT2D eigenvalue weighted by Crippen LogP contribution is -2.56. The fraction of sp³-hybridized carbons (Fsp3) is 0.696. The molecule has 0 aromatic carbocycles. The second kappa shape index (κ2) is 11.3. The Labute approximate surface area is 181 Å². The van der Waals surface area contributed by atoms with E-state index in [1.54, 1.807) is 12.3 Å². The van der Waals surface area contributed by atoms with Gasteiger partial charge in [-0.15, -0.1) is 0 Å². The number of carbonyl (C=O) groups excluding carboxylic acids is 2. The lowest BCUT2D eigenvalue weighted by molar-refractivity contribution is -0.133. The molecule has 3 unspecified atom stereocenters. The number of nitrogen functional groups attached to an aromatic ring is 1. The van der Waals surface area contributed by atoms with Crippen LogP contribution in [0.4, 0.5) is 5.82 Å². The van der Waals surface area contributed by atoms with Crippen LogP contribution >= 0.6 is 0 Å². The van der Waals surface area contributed by atoms with E-state index in [1.165, 1.54) is 19.3 Å². The van der Waals surface area contributed by atoms with Gasteiger partial charge in [-0.05, 0) is 51.3 Å². The Morgan fingerprint density at radius 2 is 1.80 bits per heavy atom. The summed E-state index contributed by atoms with van der Waals surface area (Å²) in [6.45, 7) is 8.45. The summed E-state index contributed by atoms with van der Waals surface area (Å²) in [7, 11) is 1.93. The van der Waals surface area contributed by atoms with Crippen LogP contribution in [0, 0.1) is 11.8 Å². The molecule has 2 rings (SSSR count). The molecular formula is C23H39N5O2. The average molecular weight is 418 g/mol. The second-order valence-electron chi connectivity index (χ2n) is 8.99. The molecule has 3 atom stereocenters. The monoisotopic (exact) mass is 417 g/mol. The molecule has 1 aromatic heterocycles. The maximum absolute atomic E-state index is 13.1. The lowest BCUT2D eigenvalue weighted by Gasteiger charge is -2.35.